The van der Waals surface area contributed by atoms with Crippen molar-refractivity contribution >= 4 is 12.6 Å². The molecule has 0 aromatic rings. The summed E-state index contributed by atoms with van der Waals surface area (Å²) in [7, 11) is 0. The topological polar surface area (TPSA) is 12.0 Å². The smallest absolute Gasteiger partial charge is 0.00398 e. The lowest BCUT2D eigenvalue weighted by atomic mass is 9.85. The van der Waals surface area contributed by atoms with E-state index in [-0.39, 0.29) is 0 Å². The highest BCUT2D eigenvalue weighted by Gasteiger charge is 2.15. The molecule has 1 nitrogen and oxygen atoms in total. The predicted octanol–water partition coefficient (Wildman–Crippen LogP) is 1.31. The van der Waals surface area contributed by atoms with Gasteiger partial charge in [0.25, 0.3) is 0 Å². The third-order valence-electron chi connectivity index (χ3n) is 1.95. The first-order chi connectivity index (χ1) is 4.43. The molecule has 0 bridgehead atoms. The van der Waals surface area contributed by atoms with E-state index in [1.54, 1.807) is 0 Å². The maximum Gasteiger partial charge on any atom is 0.00398 e. The van der Waals surface area contributed by atoms with Gasteiger partial charge in [0, 0.05) is 12.3 Å². The van der Waals surface area contributed by atoms with Crippen LogP contribution >= 0.6 is 12.6 Å². The number of nitrogens with one attached hydrogen (secondary N) is 1. The Morgan fingerprint density at radius 3 is 2.67 bits per heavy atom. The van der Waals surface area contributed by atoms with E-state index < -0.39 is 0 Å². The van der Waals surface area contributed by atoms with Crippen molar-refractivity contribution in [3.05, 3.63) is 0 Å². The van der Waals surface area contributed by atoms with E-state index in [2.05, 4.69) is 17.9 Å². The van der Waals surface area contributed by atoms with E-state index in [1.807, 2.05) is 0 Å². The summed E-state index contributed by atoms with van der Waals surface area (Å²) in [6.07, 6.45) is 4.34. The second kappa shape index (κ2) is 4.18. The lowest BCUT2D eigenvalue weighted by Crippen LogP contribution is -2.28. The van der Waals surface area contributed by atoms with Gasteiger partial charge < -0.3 is 5.32 Å². The van der Waals surface area contributed by atoms with Crippen LogP contribution < -0.4 is 5.32 Å². The van der Waals surface area contributed by atoms with Crippen molar-refractivity contribution in [1.29, 1.82) is 0 Å². The molecule has 0 aromatic carbocycles. The lowest BCUT2D eigenvalue weighted by Gasteiger charge is -2.25. The Labute approximate surface area is 62.6 Å². The van der Waals surface area contributed by atoms with Gasteiger partial charge in [-0.15, -0.1) is 0 Å². The summed E-state index contributed by atoms with van der Waals surface area (Å²) in [5, 5.41) is 3.36. The summed E-state index contributed by atoms with van der Waals surface area (Å²) in [5.74, 6) is 1.96. The molecule has 0 atom stereocenters. The Hall–Kier alpha value is 0.310. The molecule has 0 radical (unpaired) electrons. The summed E-state index contributed by atoms with van der Waals surface area (Å²) >= 11 is 4.11. The summed E-state index contributed by atoms with van der Waals surface area (Å²) < 4.78 is 0. The van der Waals surface area contributed by atoms with Crippen molar-refractivity contribution < 1.29 is 0 Å². The summed E-state index contributed by atoms with van der Waals surface area (Å²) in [4.78, 5) is 0. The fourth-order valence-corrected chi connectivity index (χ4v) is 1.24. The zero-order valence-electron chi connectivity index (χ0n) is 5.77. The number of hydrogen-bond donors (Lipinski definition) is 2. The Morgan fingerprint density at radius 2 is 2.22 bits per heavy atom. The highest BCUT2D eigenvalue weighted by atomic mass is 32.1. The third-order valence-corrected chi connectivity index (χ3v) is 2.17. The van der Waals surface area contributed by atoms with Gasteiger partial charge in [-0.1, -0.05) is 6.42 Å². The molecule has 0 saturated heterocycles. The Kier molecular flexibility index (Phi) is 3.44. The molecule has 1 rings (SSSR count). The number of thiol groups is 1. The van der Waals surface area contributed by atoms with Crippen LogP contribution in [-0.4, -0.2) is 18.8 Å². The molecule has 1 N–H and O–H groups in total. The van der Waals surface area contributed by atoms with Crippen LogP contribution in [-0.2, 0) is 0 Å². The fourth-order valence-electron chi connectivity index (χ4n) is 1.08. The monoisotopic (exact) mass is 145 g/mol. The van der Waals surface area contributed by atoms with Crippen molar-refractivity contribution in [3.8, 4) is 0 Å². The number of rotatable bonds is 4. The molecule has 1 saturated carbocycles. The van der Waals surface area contributed by atoms with Crippen molar-refractivity contribution in [2.75, 3.05) is 18.8 Å². The molecule has 1 fully saturated rings. The molecule has 0 heterocycles. The van der Waals surface area contributed by atoms with Gasteiger partial charge in [-0.2, -0.15) is 12.6 Å². The summed E-state index contributed by atoms with van der Waals surface area (Å²) in [6.45, 7) is 2.29. The molecule has 1 aliphatic rings. The first kappa shape index (κ1) is 7.42. The largest absolute Gasteiger partial charge is 0.316 e. The molecule has 0 spiro atoms. The van der Waals surface area contributed by atoms with E-state index in [9.17, 15) is 0 Å². The van der Waals surface area contributed by atoms with E-state index in [0.29, 0.717) is 0 Å². The minimum atomic E-state index is 0.965. The van der Waals surface area contributed by atoms with Gasteiger partial charge >= 0.3 is 0 Å². The van der Waals surface area contributed by atoms with Crippen molar-refractivity contribution in [2.24, 2.45) is 5.92 Å². The van der Waals surface area contributed by atoms with Crippen molar-refractivity contribution in [1.82, 2.24) is 5.32 Å². The second-order valence-electron chi connectivity index (χ2n) is 2.72. The average molecular weight is 145 g/mol. The molecular formula is C7H15NS. The SMILES string of the molecule is SCCNCC1CCC1. The van der Waals surface area contributed by atoms with Crippen LogP contribution in [0.15, 0.2) is 0 Å². The van der Waals surface area contributed by atoms with Gasteiger partial charge in [0.1, 0.15) is 0 Å². The van der Waals surface area contributed by atoms with Crippen LogP contribution in [0.5, 0.6) is 0 Å². The van der Waals surface area contributed by atoms with E-state index in [4.69, 9.17) is 0 Å². The van der Waals surface area contributed by atoms with E-state index in [0.717, 1.165) is 18.2 Å². The zero-order chi connectivity index (χ0) is 6.53. The van der Waals surface area contributed by atoms with E-state index >= 15 is 0 Å². The predicted molar refractivity (Wildman–Crippen MR) is 44.1 cm³/mol. The zero-order valence-corrected chi connectivity index (χ0v) is 6.66. The van der Waals surface area contributed by atoms with Gasteiger partial charge in [0.2, 0.25) is 0 Å². The quantitative estimate of drug-likeness (QED) is 0.449. The highest BCUT2D eigenvalue weighted by Crippen LogP contribution is 2.24. The van der Waals surface area contributed by atoms with Gasteiger partial charge in [-0.3, -0.25) is 0 Å². The molecule has 0 aromatic heterocycles. The first-order valence-electron chi connectivity index (χ1n) is 3.75. The highest BCUT2D eigenvalue weighted by molar-refractivity contribution is 7.80. The summed E-state index contributed by atoms with van der Waals surface area (Å²) in [5.41, 5.74) is 0. The second-order valence-corrected chi connectivity index (χ2v) is 3.17. The molecule has 0 unspecified atom stereocenters. The van der Waals surface area contributed by atoms with Gasteiger partial charge in [-0.25, -0.2) is 0 Å². The van der Waals surface area contributed by atoms with Crippen LogP contribution in [0.4, 0.5) is 0 Å². The van der Waals surface area contributed by atoms with Crippen LogP contribution in [0.2, 0.25) is 0 Å². The van der Waals surface area contributed by atoms with Gasteiger partial charge in [0.05, 0.1) is 0 Å². The van der Waals surface area contributed by atoms with Gasteiger partial charge in [0.15, 0.2) is 0 Å². The van der Waals surface area contributed by atoms with Crippen LogP contribution in [0.25, 0.3) is 0 Å². The third kappa shape index (κ3) is 2.59. The van der Waals surface area contributed by atoms with Crippen LogP contribution in [0.1, 0.15) is 19.3 Å². The minimum Gasteiger partial charge on any atom is -0.316 e. The van der Waals surface area contributed by atoms with Crippen LogP contribution in [0.3, 0.4) is 0 Å². The van der Waals surface area contributed by atoms with Crippen molar-refractivity contribution in [3.63, 3.8) is 0 Å². The molecule has 1 aliphatic carbocycles. The summed E-state index contributed by atoms with van der Waals surface area (Å²) in [6, 6.07) is 0. The van der Waals surface area contributed by atoms with E-state index in [1.165, 1.54) is 25.8 Å². The van der Waals surface area contributed by atoms with Gasteiger partial charge in [-0.05, 0) is 25.3 Å². The molecule has 0 amide bonds. The molecule has 0 aliphatic heterocycles. The lowest BCUT2D eigenvalue weighted by molar-refractivity contribution is 0.304. The normalized spacial score (nSPS) is 19.7. The number of hydrogen-bond acceptors (Lipinski definition) is 2. The minimum absolute atomic E-state index is 0.965. The fraction of sp³-hybridized carbons (Fsp3) is 1.00. The maximum absolute atomic E-state index is 4.11. The Morgan fingerprint density at radius 1 is 1.44 bits per heavy atom. The van der Waals surface area contributed by atoms with Crippen molar-refractivity contribution in [2.45, 2.75) is 19.3 Å². The standard InChI is InChI=1S/C7H15NS/c9-5-4-8-6-7-2-1-3-7/h7-9H,1-6H2. The Balaban J connectivity index is 1.80. The molecule has 2 heteroatoms. The average Bonchev–Trinajstić information content (AvgIpc) is 1.76. The van der Waals surface area contributed by atoms with Crippen LogP contribution in [0, 0.1) is 5.92 Å². The molecule has 54 valence electrons. The molecule has 9 heavy (non-hydrogen) atoms. The first-order valence-corrected chi connectivity index (χ1v) is 4.38. The molecular weight excluding hydrogens is 130 g/mol. The Bertz CT molecular complexity index is 71.3. The maximum atomic E-state index is 4.11.